The van der Waals surface area contributed by atoms with Crippen molar-refractivity contribution in [2.24, 2.45) is 0 Å². The molecule has 1 N–H and O–H groups in total. The quantitative estimate of drug-likeness (QED) is 0.857. The molecule has 2 rings (SSSR count). The van der Waals surface area contributed by atoms with Gasteiger partial charge in [-0.2, -0.15) is 0 Å². The van der Waals surface area contributed by atoms with E-state index in [0.29, 0.717) is 12.2 Å². The molecule has 1 heterocycles. The van der Waals surface area contributed by atoms with Crippen LogP contribution >= 0.6 is 0 Å². The molecule has 0 spiro atoms. The highest BCUT2D eigenvalue weighted by atomic mass is 16.5. The van der Waals surface area contributed by atoms with Gasteiger partial charge in [-0.3, -0.25) is 9.69 Å². The van der Waals surface area contributed by atoms with Gasteiger partial charge in [0.1, 0.15) is 5.75 Å². The molecule has 1 aromatic carbocycles. The van der Waals surface area contributed by atoms with Crippen molar-refractivity contribution < 1.29 is 19.4 Å². The largest absolute Gasteiger partial charge is 0.497 e. The van der Waals surface area contributed by atoms with Gasteiger partial charge in [-0.05, 0) is 30.7 Å². The second-order valence-electron chi connectivity index (χ2n) is 4.91. The fourth-order valence-electron chi connectivity index (χ4n) is 2.43. The van der Waals surface area contributed by atoms with Crippen LogP contribution in [0, 0.1) is 0 Å². The predicted octanol–water partition coefficient (Wildman–Crippen LogP) is 1.59. The van der Waals surface area contributed by atoms with Crippen LogP contribution in [0.2, 0.25) is 0 Å². The van der Waals surface area contributed by atoms with Crippen LogP contribution in [0.4, 0.5) is 0 Å². The maximum Gasteiger partial charge on any atom is 0.311 e. The van der Waals surface area contributed by atoms with E-state index in [1.54, 1.807) is 13.2 Å². The minimum atomic E-state index is -0.786. The first-order valence-electron chi connectivity index (χ1n) is 6.87. The molecule has 0 aromatic heterocycles. The summed E-state index contributed by atoms with van der Waals surface area (Å²) < 4.78 is 10.5. The van der Waals surface area contributed by atoms with Crippen LogP contribution in [0.5, 0.6) is 5.75 Å². The zero-order chi connectivity index (χ0) is 14.4. The molecule has 0 bridgehead atoms. The first-order chi connectivity index (χ1) is 9.70. The van der Waals surface area contributed by atoms with Gasteiger partial charge in [0.2, 0.25) is 0 Å². The van der Waals surface area contributed by atoms with Crippen LogP contribution < -0.4 is 4.74 Å². The van der Waals surface area contributed by atoms with Gasteiger partial charge in [0, 0.05) is 13.1 Å². The molecule has 0 unspecified atom stereocenters. The number of ether oxygens (including phenoxy) is 2. The fourth-order valence-corrected chi connectivity index (χ4v) is 2.43. The molecule has 0 radical (unpaired) electrons. The topological polar surface area (TPSA) is 59.0 Å². The highest BCUT2D eigenvalue weighted by Crippen LogP contribution is 2.24. The lowest BCUT2D eigenvalue weighted by atomic mass is 9.95. The average molecular weight is 279 g/mol. The van der Waals surface area contributed by atoms with Gasteiger partial charge in [0.25, 0.3) is 0 Å². The van der Waals surface area contributed by atoms with Crippen molar-refractivity contribution in [3.05, 3.63) is 29.8 Å². The van der Waals surface area contributed by atoms with Crippen molar-refractivity contribution in [2.75, 3.05) is 40.0 Å². The molecule has 1 fully saturated rings. The van der Waals surface area contributed by atoms with Crippen molar-refractivity contribution >= 4 is 5.97 Å². The number of nitrogens with zero attached hydrogens (tertiary/aromatic N) is 1. The van der Waals surface area contributed by atoms with E-state index in [1.807, 2.05) is 18.2 Å². The summed E-state index contributed by atoms with van der Waals surface area (Å²) in [7, 11) is 1.59. The molecule has 1 atom stereocenters. The Bertz CT molecular complexity index is 443. The number of hydrogen-bond acceptors (Lipinski definition) is 4. The van der Waals surface area contributed by atoms with Crippen LogP contribution in [0.25, 0.3) is 0 Å². The molecular formula is C15H21NO4. The van der Waals surface area contributed by atoms with Crippen LogP contribution in [-0.2, 0) is 9.53 Å². The lowest BCUT2D eigenvalue weighted by Gasteiger charge is -2.27. The number of hydrogen-bond donors (Lipinski definition) is 1. The average Bonchev–Trinajstić information content (AvgIpc) is 2.48. The van der Waals surface area contributed by atoms with Gasteiger partial charge in [-0.25, -0.2) is 0 Å². The Balaban J connectivity index is 2.00. The van der Waals surface area contributed by atoms with E-state index in [2.05, 4.69) is 4.90 Å². The highest BCUT2D eigenvalue weighted by molar-refractivity contribution is 5.76. The number of carboxylic acids is 1. The van der Waals surface area contributed by atoms with E-state index in [4.69, 9.17) is 9.47 Å². The summed E-state index contributed by atoms with van der Waals surface area (Å²) in [6, 6.07) is 7.31. The summed E-state index contributed by atoms with van der Waals surface area (Å²) in [6.07, 6.45) is 0.600. The number of aliphatic carboxylic acids is 1. The van der Waals surface area contributed by atoms with Gasteiger partial charge >= 0.3 is 5.97 Å². The van der Waals surface area contributed by atoms with Gasteiger partial charge in [0.15, 0.2) is 0 Å². The zero-order valence-electron chi connectivity index (χ0n) is 11.7. The maximum absolute atomic E-state index is 11.5. The van der Waals surface area contributed by atoms with E-state index in [9.17, 15) is 9.90 Å². The predicted molar refractivity (Wildman–Crippen MR) is 75.2 cm³/mol. The van der Waals surface area contributed by atoms with Crippen molar-refractivity contribution in [3.63, 3.8) is 0 Å². The van der Waals surface area contributed by atoms with Crippen molar-refractivity contribution in [1.82, 2.24) is 4.90 Å². The van der Waals surface area contributed by atoms with E-state index < -0.39 is 11.9 Å². The molecule has 0 amide bonds. The summed E-state index contributed by atoms with van der Waals surface area (Å²) in [4.78, 5) is 13.7. The summed E-state index contributed by atoms with van der Waals surface area (Å²) in [6.45, 7) is 4.00. The van der Waals surface area contributed by atoms with Gasteiger partial charge in [0.05, 0.1) is 26.2 Å². The Morgan fingerprint density at radius 1 is 1.45 bits per heavy atom. The Morgan fingerprint density at radius 3 is 2.85 bits per heavy atom. The minimum Gasteiger partial charge on any atom is -0.497 e. The Labute approximate surface area is 119 Å². The molecule has 1 aliphatic rings. The highest BCUT2D eigenvalue weighted by Gasteiger charge is 2.22. The normalized spacial score (nSPS) is 17.6. The van der Waals surface area contributed by atoms with E-state index in [-0.39, 0.29) is 0 Å². The molecule has 5 heteroatoms. The smallest absolute Gasteiger partial charge is 0.311 e. The molecule has 1 aliphatic heterocycles. The molecule has 20 heavy (non-hydrogen) atoms. The molecular weight excluding hydrogens is 258 g/mol. The van der Waals surface area contributed by atoms with Crippen molar-refractivity contribution in [1.29, 1.82) is 0 Å². The van der Waals surface area contributed by atoms with Crippen LogP contribution in [-0.4, -0.2) is 55.9 Å². The fraction of sp³-hybridized carbons (Fsp3) is 0.533. The van der Waals surface area contributed by atoms with Crippen LogP contribution in [0.15, 0.2) is 24.3 Å². The number of carboxylic acid groups (broad SMARTS) is 1. The van der Waals surface area contributed by atoms with E-state index in [1.165, 1.54) is 0 Å². The van der Waals surface area contributed by atoms with Crippen LogP contribution in [0.1, 0.15) is 17.9 Å². The third-order valence-electron chi connectivity index (χ3n) is 3.63. The Hall–Kier alpha value is -1.59. The van der Waals surface area contributed by atoms with E-state index >= 15 is 0 Å². The lowest BCUT2D eigenvalue weighted by molar-refractivity contribution is -0.139. The Kier molecular flexibility index (Phi) is 5.38. The molecule has 0 aliphatic carbocycles. The standard InChI is InChI=1S/C15H21NO4/c1-19-13-4-2-3-12(11-13)14(15(17)18)5-6-16-7-9-20-10-8-16/h2-4,11,14H,5-10H2,1H3,(H,17,18)/t14-/m1/s1. The second kappa shape index (κ2) is 7.26. The Morgan fingerprint density at radius 2 is 2.20 bits per heavy atom. The minimum absolute atomic E-state index is 0.493. The summed E-state index contributed by atoms with van der Waals surface area (Å²) in [5.74, 6) is -0.584. The number of rotatable bonds is 6. The number of benzene rings is 1. The van der Waals surface area contributed by atoms with Gasteiger partial charge in [-0.1, -0.05) is 12.1 Å². The lowest BCUT2D eigenvalue weighted by Crippen LogP contribution is -2.37. The molecule has 0 saturated carbocycles. The third kappa shape index (κ3) is 3.95. The van der Waals surface area contributed by atoms with Crippen LogP contribution in [0.3, 0.4) is 0 Å². The van der Waals surface area contributed by atoms with Crippen molar-refractivity contribution in [2.45, 2.75) is 12.3 Å². The summed E-state index contributed by atoms with van der Waals surface area (Å²) in [5.41, 5.74) is 0.796. The number of carbonyl (C=O) groups is 1. The number of morpholine rings is 1. The SMILES string of the molecule is COc1cccc([C@@H](CCN2CCOCC2)C(=O)O)c1. The molecule has 5 nitrogen and oxygen atoms in total. The maximum atomic E-state index is 11.5. The molecule has 1 saturated heterocycles. The molecule has 110 valence electrons. The monoisotopic (exact) mass is 279 g/mol. The number of methoxy groups -OCH3 is 1. The zero-order valence-corrected chi connectivity index (χ0v) is 11.7. The summed E-state index contributed by atoms with van der Waals surface area (Å²) in [5, 5.41) is 9.44. The second-order valence-corrected chi connectivity index (χ2v) is 4.91. The third-order valence-corrected chi connectivity index (χ3v) is 3.63. The van der Waals surface area contributed by atoms with E-state index in [0.717, 1.165) is 38.4 Å². The molecule has 1 aromatic rings. The van der Waals surface area contributed by atoms with Gasteiger partial charge < -0.3 is 14.6 Å². The van der Waals surface area contributed by atoms with Gasteiger partial charge in [-0.15, -0.1) is 0 Å². The first kappa shape index (κ1) is 14.8. The summed E-state index contributed by atoms with van der Waals surface area (Å²) >= 11 is 0. The van der Waals surface area contributed by atoms with Crippen molar-refractivity contribution in [3.8, 4) is 5.75 Å². The first-order valence-corrected chi connectivity index (χ1v) is 6.87.